The normalized spacial score (nSPS) is 19.2. The highest BCUT2D eigenvalue weighted by molar-refractivity contribution is 8.06. The lowest BCUT2D eigenvalue weighted by Crippen LogP contribution is -2.48. The molecule has 0 amide bonds. The summed E-state index contributed by atoms with van der Waals surface area (Å²) in [6.45, 7) is -5.28. The molecule has 0 heterocycles. The van der Waals surface area contributed by atoms with E-state index < -0.39 is 43.7 Å². The molecule has 0 bridgehead atoms. The Kier molecular flexibility index (Phi) is 6.62. The van der Waals surface area contributed by atoms with Gasteiger partial charge < -0.3 is 39.8 Å². The fraction of sp³-hybridized carbons (Fsp3) is 0.833. The predicted octanol–water partition coefficient (Wildman–Crippen LogP) is -3.83. The first kappa shape index (κ1) is 16.8. The monoisotopic (exact) mass is 292 g/mol. The second-order valence-corrected chi connectivity index (χ2v) is 5.67. The van der Waals surface area contributed by atoms with Gasteiger partial charge in [0.2, 0.25) is 0 Å². The van der Waals surface area contributed by atoms with E-state index in [-0.39, 0.29) is 0 Å². The lowest BCUT2D eigenvalue weighted by Gasteiger charge is -2.24. The molecule has 0 radical (unpaired) electrons. The molecule has 0 aliphatic heterocycles. The Morgan fingerprint density at radius 2 is 1.65 bits per heavy atom. The van der Waals surface area contributed by atoms with Crippen LogP contribution in [0.5, 0.6) is 0 Å². The van der Waals surface area contributed by atoms with Gasteiger partial charge in [-0.1, -0.05) is 0 Å². The number of aliphatic hydroxyl groups is 5. The van der Waals surface area contributed by atoms with Gasteiger partial charge >= 0.3 is 12.7 Å². The van der Waals surface area contributed by atoms with E-state index in [9.17, 15) is 9.90 Å². The van der Waals surface area contributed by atoms with Crippen molar-refractivity contribution in [1.82, 2.24) is 0 Å². The first-order chi connectivity index (χ1) is 7.60. The summed E-state index contributed by atoms with van der Waals surface area (Å²) in [7, 11) is 0. The van der Waals surface area contributed by atoms with E-state index in [2.05, 4.69) is 16.3 Å². The summed E-state index contributed by atoms with van der Waals surface area (Å²) in [5, 5.41) is 44.8. The third-order valence-electron chi connectivity index (χ3n) is 1.71. The van der Waals surface area contributed by atoms with Crippen LogP contribution in [-0.2, 0) is 21.1 Å². The SMILES string of the molecule is O=C(OP(O)(O)=S)[C@H](O)[C@@H](O)[C@H](O)[C@H](O)CO. The van der Waals surface area contributed by atoms with Crippen LogP contribution >= 0.6 is 6.72 Å². The van der Waals surface area contributed by atoms with Crippen molar-refractivity contribution in [2.24, 2.45) is 0 Å². The minimum atomic E-state index is -4.36. The Hall–Kier alpha value is -0.160. The summed E-state index contributed by atoms with van der Waals surface area (Å²) in [5.74, 6) is -1.67. The lowest BCUT2D eigenvalue weighted by molar-refractivity contribution is -0.162. The minimum Gasteiger partial charge on any atom is -0.394 e. The molecule has 0 spiro atoms. The first-order valence-electron chi connectivity index (χ1n) is 4.22. The summed E-state index contributed by atoms with van der Waals surface area (Å²) in [4.78, 5) is 28.2. The number of hydrogen-bond donors (Lipinski definition) is 7. The molecular formula is C6H13O9PS. The maximum atomic E-state index is 11.0. The molecule has 0 saturated carbocycles. The third-order valence-corrected chi connectivity index (χ3v) is 2.35. The zero-order valence-electron chi connectivity index (χ0n) is 8.32. The van der Waals surface area contributed by atoms with Crippen molar-refractivity contribution >= 4 is 24.5 Å². The van der Waals surface area contributed by atoms with Crippen LogP contribution in [0.25, 0.3) is 0 Å². The Morgan fingerprint density at radius 3 is 2.00 bits per heavy atom. The van der Waals surface area contributed by atoms with Crippen molar-refractivity contribution in [3.05, 3.63) is 0 Å². The number of carbonyl (C=O) groups excluding carboxylic acids is 1. The maximum absolute atomic E-state index is 11.0. The molecular weight excluding hydrogens is 279 g/mol. The fourth-order valence-corrected chi connectivity index (χ4v) is 1.40. The van der Waals surface area contributed by atoms with E-state index in [1.54, 1.807) is 0 Å². The Labute approximate surface area is 101 Å². The number of aliphatic hydroxyl groups excluding tert-OH is 5. The molecule has 17 heavy (non-hydrogen) atoms. The van der Waals surface area contributed by atoms with Gasteiger partial charge in [-0.15, -0.1) is 0 Å². The molecule has 0 aliphatic rings. The van der Waals surface area contributed by atoms with Crippen LogP contribution < -0.4 is 0 Å². The maximum Gasteiger partial charge on any atom is 0.377 e. The largest absolute Gasteiger partial charge is 0.394 e. The molecule has 0 aromatic heterocycles. The molecule has 0 unspecified atom stereocenters. The third kappa shape index (κ3) is 5.82. The zero-order chi connectivity index (χ0) is 13.8. The summed E-state index contributed by atoms with van der Waals surface area (Å²) >= 11 is 3.94. The zero-order valence-corrected chi connectivity index (χ0v) is 10.0. The average molecular weight is 292 g/mol. The Balaban J connectivity index is 4.54. The molecule has 0 rings (SSSR count). The van der Waals surface area contributed by atoms with Crippen LogP contribution in [-0.4, -0.2) is 72.3 Å². The van der Waals surface area contributed by atoms with E-state index in [1.807, 2.05) is 0 Å². The van der Waals surface area contributed by atoms with Gasteiger partial charge in [0.1, 0.15) is 18.3 Å². The van der Waals surface area contributed by atoms with Crippen molar-refractivity contribution in [3.63, 3.8) is 0 Å². The van der Waals surface area contributed by atoms with E-state index in [0.29, 0.717) is 0 Å². The molecule has 102 valence electrons. The van der Waals surface area contributed by atoms with Crippen molar-refractivity contribution in [3.8, 4) is 0 Å². The Morgan fingerprint density at radius 1 is 1.18 bits per heavy atom. The Bertz CT molecular complexity index is 304. The van der Waals surface area contributed by atoms with Crippen molar-refractivity contribution in [2.45, 2.75) is 24.4 Å². The number of rotatable bonds is 6. The standard InChI is InChI=1S/C6H13O9PS/c7-1-2(8)3(9)4(10)5(11)6(12)15-16(13,14)17/h2-5,7-11H,1H2,(H2,13,14,17)/t2-,3-,4+,5-/m1/s1. The number of carbonyl (C=O) groups is 1. The van der Waals surface area contributed by atoms with Crippen molar-refractivity contribution in [2.75, 3.05) is 6.61 Å². The van der Waals surface area contributed by atoms with Crippen LogP contribution in [0.4, 0.5) is 0 Å². The van der Waals surface area contributed by atoms with E-state index in [1.165, 1.54) is 0 Å². The van der Waals surface area contributed by atoms with Gasteiger partial charge in [-0.25, -0.2) is 4.79 Å². The second kappa shape index (κ2) is 6.69. The second-order valence-electron chi connectivity index (χ2n) is 3.08. The van der Waals surface area contributed by atoms with Crippen LogP contribution in [0, 0.1) is 0 Å². The molecule has 0 aromatic rings. The molecule has 9 nitrogen and oxygen atoms in total. The van der Waals surface area contributed by atoms with E-state index in [0.717, 1.165) is 0 Å². The molecule has 4 atom stereocenters. The highest BCUT2D eigenvalue weighted by atomic mass is 32.5. The smallest absolute Gasteiger partial charge is 0.377 e. The highest BCUT2D eigenvalue weighted by Gasteiger charge is 2.36. The molecule has 0 aromatic carbocycles. The predicted molar refractivity (Wildman–Crippen MR) is 55.9 cm³/mol. The summed E-state index contributed by atoms with van der Waals surface area (Å²) in [6, 6.07) is 0. The molecule has 0 fully saturated rings. The first-order valence-corrected chi connectivity index (χ1v) is 6.85. The van der Waals surface area contributed by atoms with Crippen LogP contribution in [0.2, 0.25) is 0 Å². The molecule has 11 heteroatoms. The van der Waals surface area contributed by atoms with Crippen molar-refractivity contribution < 1.29 is 44.6 Å². The highest BCUT2D eigenvalue weighted by Crippen LogP contribution is 2.37. The van der Waals surface area contributed by atoms with Gasteiger partial charge in [0.15, 0.2) is 6.10 Å². The van der Waals surface area contributed by atoms with Gasteiger partial charge in [-0.05, 0) is 0 Å². The molecule has 0 saturated heterocycles. The quantitative estimate of drug-likeness (QED) is 0.241. The average Bonchev–Trinajstić information content (AvgIpc) is 2.22. The van der Waals surface area contributed by atoms with Gasteiger partial charge in [0.05, 0.1) is 6.61 Å². The number of hydrogen-bond acceptors (Lipinski definition) is 8. The van der Waals surface area contributed by atoms with Gasteiger partial charge in [-0.2, -0.15) is 0 Å². The van der Waals surface area contributed by atoms with E-state index in [4.69, 9.17) is 30.2 Å². The van der Waals surface area contributed by atoms with Crippen molar-refractivity contribution in [1.29, 1.82) is 0 Å². The summed E-state index contributed by atoms with van der Waals surface area (Å²) < 4.78 is 3.82. The summed E-state index contributed by atoms with van der Waals surface area (Å²) in [5.41, 5.74) is 0. The topological polar surface area (TPSA) is 168 Å². The molecule has 7 N–H and O–H groups in total. The minimum absolute atomic E-state index is 0.919. The molecule has 0 aliphatic carbocycles. The summed E-state index contributed by atoms with van der Waals surface area (Å²) in [6.07, 6.45) is -8.37. The van der Waals surface area contributed by atoms with Crippen LogP contribution in [0.15, 0.2) is 0 Å². The van der Waals surface area contributed by atoms with Gasteiger partial charge in [0.25, 0.3) is 0 Å². The van der Waals surface area contributed by atoms with Gasteiger partial charge in [-0.3, -0.25) is 0 Å². The van der Waals surface area contributed by atoms with Crippen LogP contribution in [0.1, 0.15) is 0 Å². The lowest BCUT2D eigenvalue weighted by atomic mass is 10.0. The fourth-order valence-electron chi connectivity index (χ4n) is 0.833. The van der Waals surface area contributed by atoms with Gasteiger partial charge in [0, 0.05) is 11.8 Å². The van der Waals surface area contributed by atoms with Crippen LogP contribution in [0.3, 0.4) is 0 Å². The van der Waals surface area contributed by atoms with E-state index >= 15 is 0 Å².